The normalized spacial score (nSPS) is 14.5. The maximum Gasteiger partial charge on any atom is 0.472 e. The van der Waals surface area contributed by atoms with Crippen molar-refractivity contribution < 1.29 is 75.8 Å². The maximum absolute atomic E-state index is 13.0. The van der Waals surface area contributed by atoms with Gasteiger partial charge in [-0.1, -0.05) is 346 Å². The highest BCUT2D eigenvalue weighted by Gasteiger charge is 2.29. The fourth-order valence-electron chi connectivity index (χ4n) is 11.8. The largest absolute Gasteiger partial charge is 0.472 e. The van der Waals surface area contributed by atoms with E-state index in [1.165, 1.54) is 141 Å². The van der Waals surface area contributed by atoms with Gasteiger partial charge in [0.05, 0.1) is 26.4 Å². The molecule has 0 amide bonds. The second-order valence-electron chi connectivity index (χ2n) is 29.3. The smallest absolute Gasteiger partial charge is 0.463 e. The van der Waals surface area contributed by atoms with Crippen LogP contribution in [0.25, 0.3) is 0 Å². The zero-order chi connectivity index (χ0) is 80.8. The number of hydrogen-bond acceptors (Lipinski definition) is 14. The highest BCUT2D eigenvalue weighted by molar-refractivity contribution is 7.47. The Kier molecular flexibility index (Phi) is 81.3. The number of hydrogen-bond donors (Lipinski definition) is 4. The van der Waals surface area contributed by atoms with Crippen LogP contribution in [0.4, 0.5) is 0 Å². The Balaban J connectivity index is 4.60. The molecule has 5 atom stereocenters. The van der Waals surface area contributed by atoms with Gasteiger partial charge in [0, 0.05) is 19.3 Å². The number of rotatable bonds is 83. The molecule has 0 rings (SSSR count). The van der Waals surface area contributed by atoms with Gasteiger partial charge in [-0.05, 0) is 148 Å². The van der Waals surface area contributed by atoms with Crippen molar-refractivity contribution >= 4 is 33.6 Å². The number of esters is 3. The summed E-state index contributed by atoms with van der Waals surface area (Å²) in [4.78, 5) is 58.9. The van der Waals surface area contributed by atoms with Crippen molar-refractivity contribution in [3.8, 4) is 0 Å². The Morgan fingerprint density at radius 1 is 0.261 bits per heavy atom. The molecule has 0 aliphatic rings. The molecule has 0 saturated heterocycles. The number of phosphoric acid groups is 2. The van der Waals surface area contributed by atoms with Crippen molar-refractivity contribution in [1.82, 2.24) is 0 Å². The Morgan fingerprint density at radius 3 is 0.757 bits per heavy atom. The average Bonchev–Trinajstić information content (AvgIpc) is 0.900. The molecule has 0 aliphatic carbocycles. The van der Waals surface area contributed by atoms with Crippen LogP contribution in [0.15, 0.2) is 146 Å². The molecule has 638 valence electrons. The van der Waals surface area contributed by atoms with E-state index in [0.717, 1.165) is 167 Å². The molecule has 0 radical (unpaired) electrons. The Bertz CT molecular complexity index is 2600. The predicted octanol–water partition coefficient (Wildman–Crippen LogP) is 26.8. The molecule has 0 bridgehead atoms. The van der Waals surface area contributed by atoms with Gasteiger partial charge in [-0.3, -0.25) is 32.5 Å². The van der Waals surface area contributed by atoms with Crippen LogP contribution in [0, 0.1) is 0 Å². The minimum Gasteiger partial charge on any atom is -0.463 e. The number of aliphatic hydroxyl groups excluding tert-OH is 2. The fourth-order valence-corrected chi connectivity index (χ4v) is 13.4. The van der Waals surface area contributed by atoms with E-state index in [1.54, 1.807) is 0 Å². The van der Waals surface area contributed by atoms with E-state index in [4.69, 9.17) is 32.3 Å². The first-order valence-electron chi connectivity index (χ1n) is 44.1. The molecule has 0 fully saturated rings. The summed E-state index contributed by atoms with van der Waals surface area (Å²) >= 11 is 0. The van der Waals surface area contributed by atoms with E-state index < -0.39 is 91.5 Å². The third-order valence-electron chi connectivity index (χ3n) is 18.5. The standard InChI is InChI=1S/C93H160O16P2/c1-4-7-10-13-16-19-22-25-28-31-34-36-38-40-42-43-45-47-48-50-53-55-58-61-64-67-70-73-76-79-91(96)103-82-88(94)83-105-110(99,100)106-84-89(95)85-107-111(101,102)108-87-90(109-93(98)81-78-75-72-69-66-63-60-57-52-33-30-27-24-21-18-15-12-9-6-3)86-104-92(97)80-77-74-71-68-65-62-59-56-54-51-49-46-44-41-39-37-35-32-29-26-23-20-17-14-11-8-5-2/h7,10,16-21,25-30,34-37,40-42,44,52,57,88-90,94-95H,4-6,8-9,11-15,22-24,31-33,38-39,43,45-51,53-56,58-87H2,1-3H3,(H,99,100)(H,101,102)/b10-7-,19-16-,20-17-,21-18-,28-25-,29-26-,30-27-,36-34-,37-35-,42-40-,44-41-,57-52-. The molecule has 18 heteroatoms. The molecular weight excluding hydrogens is 1430 g/mol. The summed E-state index contributed by atoms with van der Waals surface area (Å²) in [5.41, 5.74) is 0. The number of unbranched alkanes of at least 4 members (excludes halogenated alkanes) is 36. The van der Waals surface area contributed by atoms with Crippen LogP contribution in [0.2, 0.25) is 0 Å². The van der Waals surface area contributed by atoms with Gasteiger partial charge < -0.3 is 34.2 Å². The van der Waals surface area contributed by atoms with Gasteiger partial charge in [-0.15, -0.1) is 0 Å². The SMILES string of the molecule is CC/C=C\C/C=C\C/C=C\C/C=C\C/C=C\CCCCCCCCCCCCCCCC(=O)OCC(O)COP(=O)(O)OCC(O)COP(=O)(O)OCC(COC(=O)CCCCCCCCCCCCC/C=C\C/C=C\C/C=C\C/C=C\CCCCC)OC(=O)CCCCCCCC/C=C\C/C=C\C/C=C\CCCCC. The minimum atomic E-state index is -4.94. The van der Waals surface area contributed by atoms with Crippen molar-refractivity contribution in [2.24, 2.45) is 0 Å². The lowest BCUT2D eigenvalue weighted by molar-refractivity contribution is -0.161. The van der Waals surface area contributed by atoms with Crippen molar-refractivity contribution in [3.63, 3.8) is 0 Å². The highest BCUT2D eigenvalue weighted by atomic mass is 31.2. The minimum absolute atomic E-state index is 0.0871. The van der Waals surface area contributed by atoms with Gasteiger partial charge in [0.15, 0.2) is 6.10 Å². The molecule has 16 nitrogen and oxygen atoms in total. The summed E-state index contributed by atoms with van der Waals surface area (Å²) in [7, 11) is -9.81. The third-order valence-corrected chi connectivity index (χ3v) is 20.4. The summed E-state index contributed by atoms with van der Waals surface area (Å²) in [5.74, 6) is -1.59. The van der Waals surface area contributed by atoms with Crippen LogP contribution >= 0.6 is 15.6 Å². The monoisotopic (exact) mass is 1600 g/mol. The zero-order valence-corrected chi connectivity index (χ0v) is 71.9. The number of ether oxygens (including phenoxy) is 3. The molecule has 0 aromatic rings. The summed E-state index contributed by atoms with van der Waals surface area (Å²) in [6.07, 6.45) is 106. The predicted molar refractivity (Wildman–Crippen MR) is 463 cm³/mol. The van der Waals surface area contributed by atoms with E-state index >= 15 is 0 Å². The number of carbonyl (C=O) groups is 3. The summed E-state index contributed by atoms with van der Waals surface area (Å²) in [6, 6.07) is 0. The molecule has 0 aliphatic heterocycles. The maximum atomic E-state index is 13.0. The number of aliphatic hydroxyl groups is 2. The number of carbonyl (C=O) groups excluding carboxylic acids is 3. The zero-order valence-electron chi connectivity index (χ0n) is 70.1. The van der Waals surface area contributed by atoms with E-state index in [0.29, 0.717) is 19.3 Å². The second kappa shape index (κ2) is 84.8. The Labute approximate surface area is 677 Å². The van der Waals surface area contributed by atoms with Crippen molar-refractivity contribution in [2.75, 3.05) is 39.6 Å². The lowest BCUT2D eigenvalue weighted by Crippen LogP contribution is -2.30. The second-order valence-corrected chi connectivity index (χ2v) is 32.2. The first-order chi connectivity index (χ1) is 54.2. The van der Waals surface area contributed by atoms with Crippen LogP contribution in [0.3, 0.4) is 0 Å². The average molecular weight is 1600 g/mol. The number of allylic oxidation sites excluding steroid dienone is 24. The van der Waals surface area contributed by atoms with Gasteiger partial charge in [-0.2, -0.15) is 0 Å². The van der Waals surface area contributed by atoms with E-state index in [2.05, 4.69) is 167 Å². The van der Waals surface area contributed by atoms with Crippen molar-refractivity contribution in [1.29, 1.82) is 0 Å². The molecular formula is C93H160O16P2. The molecule has 0 saturated carbocycles. The van der Waals surface area contributed by atoms with Crippen LogP contribution in [-0.4, -0.2) is 95.9 Å². The van der Waals surface area contributed by atoms with Gasteiger partial charge >= 0.3 is 33.6 Å². The molecule has 0 aromatic heterocycles. The van der Waals surface area contributed by atoms with Gasteiger partial charge in [0.25, 0.3) is 0 Å². The van der Waals surface area contributed by atoms with E-state index in [1.807, 2.05) is 0 Å². The van der Waals surface area contributed by atoms with E-state index in [9.17, 15) is 43.5 Å². The third kappa shape index (κ3) is 86.1. The van der Waals surface area contributed by atoms with Crippen molar-refractivity contribution in [3.05, 3.63) is 146 Å². The molecule has 5 unspecified atom stereocenters. The van der Waals surface area contributed by atoms with Crippen LogP contribution in [0.1, 0.15) is 367 Å². The lowest BCUT2D eigenvalue weighted by atomic mass is 10.0. The molecule has 0 aromatic carbocycles. The van der Waals surface area contributed by atoms with Crippen LogP contribution in [-0.2, 0) is 55.8 Å². The quantitative estimate of drug-likeness (QED) is 0.0146. The number of phosphoric ester groups is 2. The lowest BCUT2D eigenvalue weighted by Gasteiger charge is -2.21. The molecule has 4 N–H and O–H groups in total. The topological polar surface area (TPSA) is 231 Å². The first kappa shape index (κ1) is 106. The highest BCUT2D eigenvalue weighted by Crippen LogP contribution is 2.45. The van der Waals surface area contributed by atoms with Gasteiger partial charge in [-0.25, -0.2) is 9.13 Å². The molecule has 0 heterocycles. The van der Waals surface area contributed by atoms with Gasteiger partial charge in [0.2, 0.25) is 0 Å². The van der Waals surface area contributed by atoms with Crippen molar-refractivity contribution in [2.45, 2.75) is 386 Å². The summed E-state index contributed by atoms with van der Waals surface area (Å²) < 4.78 is 61.4. The Hall–Kier alpha value is -4.57. The van der Waals surface area contributed by atoms with E-state index in [-0.39, 0.29) is 19.3 Å². The summed E-state index contributed by atoms with van der Waals surface area (Å²) in [5, 5.41) is 20.7. The first-order valence-corrected chi connectivity index (χ1v) is 47.1. The Morgan fingerprint density at radius 2 is 0.477 bits per heavy atom. The fraction of sp³-hybridized carbons (Fsp3) is 0.710. The molecule has 111 heavy (non-hydrogen) atoms. The molecule has 0 spiro atoms. The van der Waals surface area contributed by atoms with Gasteiger partial charge in [0.1, 0.15) is 25.4 Å². The van der Waals surface area contributed by atoms with Crippen LogP contribution in [0.5, 0.6) is 0 Å². The summed E-state index contributed by atoms with van der Waals surface area (Å²) in [6.45, 7) is 2.53. The van der Waals surface area contributed by atoms with Crippen LogP contribution < -0.4 is 0 Å².